The van der Waals surface area contributed by atoms with E-state index in [0.717, 1.165) is 22.7 Å². The van der Waals surface area contributed by atoms with E-state index in [0.29, 0.717) is 26.4 Å². The van der Waals surface area contributed by atoms with Gasteiger partial charge in [-0.3, -0.25) is 34.6 Å². The molecule has 0 aliphatic heterocycles. The second kappa shape index (κ2) is 9.25. The molecule has 184 valence electrons. The average molecular weight is 536 g/mol. The van der Waals surface area contributed by atoms with Crippen molar-refractivity contribution in [3.05, 3.63) is 102 Å². The Morgan fingerprint density at radius 1 is 0.703 bits per heavy atom. The summed E-state index contributed by atoms with van der Waals surface area (Å²) in [5.41, 5.74) is 0.901. The maximum absolute atomic E-state index is 13.2. The number of nitrogens with one attached hydrogen (secondary N) is 3. The Hall–Kier alpha value is -4.95. The third kappa shape index (κ3) is 4.65. The maximum atomic E-state index is 13.2. The van der Waals surface area contributed by atoms with Crippen molar-refractivity contribution in [1.82, 2.24) is 4.98 Å². The number of rotatable bonds is 6. The van der Waals surface area contributed by atoms with Gasteiger partial charge in [0.1, 0.15) is 10.0 Å². The molecule has 2 amide bonds. The summed E-state index contributed by atoms with van der Waals surface area (Å²) in [6.07, 6.45) is 0. The van der Waals surface area contributed by atoms with Gasteiger partial charge in [0.05, 0.1) is 15.4 Å². The molecule has 12 nitrogen and oxygen atoms in total. The highest BCUT2D eigenvalue weighted by Gasteiger charge is 2.16. The zero-order valence-electron chi connectivity index (χ0n) is 18.3. The van der Waals surface area contributed by atoms with E-state index in [1.165, 1.54) is 54.6 Å². The normalized spacial score (nSPS) is 10.9. The summed E-state index contributed by atoms with van der Waals surface area (Å²) < 4.78 is 0. The minimum absolute atomic E-state index is 0.102. The molecule has 0 saturated carbocycles. The van der Waals surface area contributed by atoms with Crippen molar-refractivity contribution in [1.29, 1.82) is 0 Å². The first-order chi connectivity index (χ1) is 17.7. The van der Waals surface area contributed by atoms with Crippen molar-refractivity contribution >= 4 is 76.3 Å². The SMILES string of the molecule is O=C(Nc1ccc([N+](=O)[O-])s1)c1ccc2c(=O)c3cc(C(=O)Nc4ccc([N+](=O)[O-])s4)ccc3[nH]c2c1. The summed E-state index contributed by atoms with van der Waals surface area (Å²) in [6, 6.07) is 14.4. The molecule has 5 aromatic rings. The topological polar surface area (TPSA) is 177 Å². The number of hydrogen-bond acceptors (Lipinski definition) is 9. The van der Waals surface area contributed by atoms with Crippen LogP contribution in [0, 0.1) is 20.2 Å². The van der Waals surface area contributed by atoms with Crippen LogP contribution in [0.1, 0.15) is 20.7 Å². The number of nitro groups is 2. The first-order valence-electron chi connectivity index (χ1n) is 10.4. The highest BCUT2D eigenvalue weighted by Crippen LogP contribution is 2.30. The van der Waals surface area contributed by atoms with Crippen molar-refractivity contribution in [3.63, 3.8) is 0 Å². The second-order valence-electron chi connectivity index (χ2n) is 7.67. The molecule has 5 rings (SSSR count). The number of benzene rings is 2. The second-order valence-corrected chi connectivity index (χ2v) is 9.80. The van der Waals surface area contributed by atoms with Gasteiger partial charge in [-0.25, -0.2) is 0 Å². The largest absolute Gasteiger partial charge is 0.354 e. The fourth-order valence-electron chi connectivity index (χ4n) is 3.61. The van der Waals surface area contributed by atoms with Gasteiger partial charge in [0.15, 0.2) is 5.43 Å². The Morgan fingerprint density at radius 3 is 1.78 bits per heavy atom. The number of anilines is 2. The number of aromatic nitrogens is 1. The van der Waals surface area contributed by atoms with Crippen LogP contribution in [0.15, 0.2) is 65.5 Å². The minimum Gasteiger partial charge on any atom is -0.354 e. The molecule has 0 spiro atoms. The highest BCUT2D eigenvalue weighted by molar-refractivity contribution is 7.19. The Kier molecular flexibility index (Phi) is 5.95. The molecule has 0 bridgehead atoms. The summed E-state index contributed by atoms with van der Waals surface area (Å²) in [4.78, 5) is 62.1. The van der Waals surface area contributed by atoms with Gasteiger partial charge in [0.2, 0.25) is 0 Å². The summed E-state index contributed by atoms with van der Waals surface area (Å²) in [5, 5.41) is 27.8. The number of thiophene rings is 2. The van der Waals surface area contributed by atoms with Crippen LogP contribution in [0.2, 0.25) is 0 Å². The fourth-order valence-corrected chi connectivity index (χ4v) is 5.05. The number of H-pyrrole nitrogens is 1. The van der Waals surface area contributed by atoms with Gasteiger partial charge in [-0.05, 0) is 71.2 Å². The smallest absolute Gasteiger partial charge is 0.326 e. The molecular formula is C23H13N5O7S2. The van der Waals surface area contributed by atoms with Crippen molar-refractivity contribution in [2.24, 2.45) is 0 Å². The molecule has 0 atom stereocenters. The van der Waals surface area contributed by atoms with Gasteiger partial charge in [-0.2, -0.15) is 0 Å². The zero-order valence-corrected chi connectivity index (χ0v) is 20.0. The van der Waals surface area contributed by atoms with Crippen LogP contribution in [0.5, 0.6) is 0 Å². The number of amides is 2. The summed E-state index contributed by atoms with van der Waals surface area (Å²) >= 11 is 1.65. The van der Waals surface area contributed by atoms with E-state index in [-0.39, 0.29) is 31.9 Å². The molecule has 14 heteroatoms. The Labute approximate surface area is 213 Å². The van der Waals surface area contributed by atoms with E-state index in [1.807, 2.05) is 0 Å². The number of carbonyl (C=O) groups excluding carboxylic acids is 2. The molecule has 3 heterocycles. The van der Waals surface area contributed by atoms with Gasteiger partial charge in [0, 0.05) is 39.5 Å². The average Bonchev–Trinajstić information content (AvgIpc) is 3.54. The lowest BCUT2D eigenvalue weighted by Gasteiger charge is -2.08. The number of aromatic amines is 1. The zero-order chi connectivity index (χ0) is 26.3. The number of fused-ring (bicyclic) bond motifs is 2. The van der Waals surface area contributed by atoms with E-state index >= 15 is 0 Å². The van der Waals surface area contributed by atoms with Crippen molar-refractivity contribution in [2.75, 3.05) is 10.6 Å². The molecule has 0 fully saturated rings. The molecule has 0 saturated heterocycles. The minimum atomic E-state index is -0.551. The lowest BCUT2D eigenvalue weighted by atomic mass is 10.1. The van der Waals surface area contributed by atoms with Crippen LogP contribution in [0.25, 0.3) is 21.8 Å². The van der Waals surface area contributed by atoms with Gasteiger partial charge in [-0.15, -0.1) is 0 Å². The molecule has 37 heavy (non-hydrogen) atoms. The van der Waals surface area contributed by atoms with Gasteiger partial charge in [0.25, 0.3) is 11.8 Å². The predicted octanol–water partition coefficient (Wildman–Crippen LogP) is 5.13. The third-order valence-corrected chi connectivity index (χ3v) is 7.24. The molecule has 0 radical (unpaired) electrons. The van der Waals surface area contributed by atoms with Crippen LogP contribution >= 0.6 is 22.7 Å². The Balaban J connectivity index is 1.42. The monoisotopic (exact) mass is 535 g/mol. The molecule has 2 aromatic carbocycles. The van der Waals surface area contributed by atoms with E-state index in [2.05, 4.69) is 15.6 Å². The summed E-state index contributed by atoms with van der Waals surface area (Å²) in [6.45, 7) is 0. The number of pyridine rings is 1. The van der Waals surface area contributed by atoms with Crippen LogP contribution in [-0.4, -0.2) is 26.6 Å². The lowest BCUT2D eigenvalue weighted by Crippen LogP contribution is -2.13. The van der Waals surface area contributed by atoms with Crippen LogP contribution in [-0.2, 0) is 0 Å². The van der Waals surface area contributed by atoms with Gasteiger partial charge in [-0.1, -0.05) is 0 Å². The number of hydrogen-bond donors (Lipinski definition) is 3. The Morgan fingerprint density at radius 2 is 1.24 bits per heavy atom. The fraction of sp³-hybridized carbons (Fsp3) is 0. The quantitative estimate of drug-likeness (QED) is 0.153. The number of nitrogens with zero attached hydrogens (tertiary/aromatic N) is 2. The number of carbonyl (C=O) groups is 2. The first kappa shape index (κ1) is 23.8. The van der Waals surface area contributed by atoms with Gasteiger partial charge < -0.3 is 15.6 Å². The van der Waals surface area contributed by atoms with Crippen LogP contribution in [0.3, 0.4) is 0 Å². The van der Waals surface area contributed by atoms with Crippen LogP contribution < -0.4 is 16.1 Å². The molecule has 0 aliphatic carbocycles. The molecule has 0 unspecified atom stereocenters. The van der Waals surface area contributed by atoms with E-state index in [9.17, 15) is 34.6 Å². The Bertz CT molecular complexity index is 1820. The van der Waals surface area contributed by atoms with Crippen molar-refractivity contribution in [3.8, 4) is 0 Å². The van der Waals surface area contributed by atoms with Crippen molar-refractivity contribution < 1.29 is 19.4 Å². The molecule has 3 aromatic heterocycles. The molecular weight excluding hydrogens is 522 g/mol. The molecule has 0 aliphatic rings. The first-order valence-corrected chi connectivity index (χ1v) is 12.0. The van der Waals surface area contributed by atoms with E-state index in [4.69, 9.17) is 0 Å². The standard InChI is InChI=1S/C23H13N5O7S2/c29-21-13-3-1-12(23(31)26-18-6-8-20(37-18)28(34)35)10-16(13)24-15-4-2-11(9-14(15)21)22(30)25-17-5-7-19(36-17)27(32)33/h1-10H,(H,24,29)(H,25,30)(H,26,31). The van der Waals surface area contributed by atoms with E-state index < -0.39 is 21.7 Å². The lowest BCUT2D eigenvalue weighted by molar-refractivity contribution is -0.380. The maximum Gasteiger partial charge on any atom is 0.326 e. The van der Waals surface area contributed by atoms with Gasteiger partial charge >= 0.3 is 10.0 Å². The third-order valence-electron chi connectivity index (χ3n) is 5.34. The van der Waals surface area contributed by atoms with Crippen molar-refractivity contribution in [2.45, 2.75) is 0 Å². The summed E-state index contributed by atoms with van der Waals surface area (Å²) in [7, 11) is 0. The summed E-state index contributed by atoms with van der Waals surface area (Å²) in [5.74, 6) is -1.03. The predicted molar refractivity (Wildman–Crippen MR) is 140 cm³/mol. The van der Waals surface area contributed by atoms with E-state index in [1.54, 1.807) is 6.07 Å². The highest BCUT2D eigenvalue weighted by atomic mass is 32.1. The molecule has 3 N–H and O–H groups in total. The van der Waals surface area contributed by atoms with Crippen LogP contribution in [0.4, 0.5) is 20.0 Å².